The Kier molecular flexibility index (Phi) is 5.75. The number of hydrogen-bond donors (Lipinski definition) is 5. The van der Waals surface area contributed by atoms with Crippen LogP contribution in [0, 0.1) is 0 Å². The molecule has 0 fully saturated rings. The number of hydrogen-bond acceptors (Lipinski definition) is 5. The highest BCUT2D eigenvalue weighted by molar-refractivity contribution is 6.27. The first kappa shape index (κ1) is 14.4. The summed E-state index contributed by atoms with van der Waals surface area (Å²) in [7, 11) is 0. The van der Waals surface area contributed by atoms with Gasteiger partial charge in [0.15, 0.2) is 0 Å². The van der Waals surface area contributed by atoms with Gasteiger partial charge in [0.1, 0.15) is 0 Å². The molecule has 6 N–H and O–H groups in total. The number of aromatic carboxylic acids is 1. The summed E-state index contributed by atoms with van der Waals surface area (Å²) in [5.74, 6) is 0.471. The summed E-state index contributed by atoms with van der Waals surface area (Å²) in [6.45, 7) is 0. The molecular weight excluding hydrogens is 232 g/mol. The van der Waals surface area contributed by atoms with Gasteiger partial charge in [-0.15, -0.1) is 0 Å². The fourth-order valence-electron chi connectivity index (χ4n) is 0.742. The fourth-order valence-corrected chi connectivity index (χ4v) is 0.742. The van der Waals surface area contributed by atoms with Crippen LogP contribution in [0.4, 0.5) is 5.69 Å². The molecular formula is C9H10N2O6. The van der Waals surface area contributed by atoms with Crippen molar-refractivity contribution in [3.63, 3.8) is 0 Å². The lowest BCUT2D eigenvalue weighted by Crippen LogP contribution is -2.09. The molecule has 0 unspecified atom stereocenters. The van der Waals surface area contributed by atoms with Crippen LogP contribution in [-0.2, 0) is 9.59 Å². The van der Waals surface area contributed by atoms with Crippen LogP contribution in [0.15, 0.2) is 24.3 Å². The number of carboxylic acid groups (broad SMARTS) is 3. The van der Waals surface area contributed by atoms with Gasteiger partial charge in [0.25, 0.3) is 0 Å². The number of nitrogen functional groups attached to an aromatic ring is 1. The first-order valence-electron chi connectivity index (χ1n) is 4.14. The average molecular weight is 242 g/mol. The molecule has 0 aliphatic heterocycles. The summed E-state index contributed by atoms with van der Waals surface area (Å²) in [6, 6.07) is 6.27. The van der Waals surface area contributed by atoms with Crippen molar-refractivity contribution < 1.29 is 29.7 Å². The molecule has 0 heterocycles. The maximum atomic E-state index is 10.4. The molecule has 0 spiro atoms. The molecule has 0 amide bonds. The Morgan fingerprint density at radius 3 is 1.94 bits per heavy atom. The Hall–Kier alpha value is -2.61. The third kappa shape index (κ3) is 5.74. The van der Waals surface area contributed by atoms with Gasteiger partial charge in [0.2, 0.25) is 0 Å². The number of carbonyl (C=O) groups is 3. The molecule has 0 radical (unpaired) electrons. The lowest BCUT2D eigenvalue weighted by Gasteiger charge is -1.99. The number of hydrazine groups is 1. The normalized spacial score (nSPS) is 8.53. The average Bonchev–Trinajstić information content (AvgIpc) is 2.29. The summed E-state index contributed by atoms with van der Waals surface area (Å²) in [4.78, 5) is 28.6. The van der Waals surface area contributed by atoms with E-state index in [9.17, 15) is 4.79 Å². The van der Waals surface area contributed by atoms with Gasteiger partial charge >= 0.3 is 17.9 Å². The molecule has 0 aliphatic rings. The second-order valence-corrected chi connectivity index (χ2v) is 2.64. The maximum absolute atomic E-state index is 10.4. The van der Waals surface area contributed by atoms with Gasteiger partial charge in [0, 0.05) is 5.69 Å². The first-order chi connectivity index (χ1) is 7.88. The summed E-state index contributed by atoms with van der Waals surface area (Å²) in [5.41, 5.74) is 3.17. The number of rotatable bonds is 2. The number of nitrogens with two attached hydrogens (primary N) is 1. The topological polar surface area (TPSA) is 150 Å². The lowest BCUT2D eigenvalue weighted by molar-refractivity contribution is -0.159. The van der Waals surface area contributed by atoms with E-state index in [1.54, 1.807) is 12.1 Å². The van der Waals surface area contributed by atoms with Crippen LogP contribution in [0.25, 0.3) is 0 Å². The van der Waals surface area contributed by atoms with Crippen molar-refractivity contribution in [3.05, 3.63) is 29.8 Å². The first-order valence-corrected chi connectivity index (χ1v) is 4.14. The number of benzene rings is 1. The molecule has 8 heteroatoms. The highest BCUT2D eigenvalue weighted by Gasteiger charge is 2.04. The molecule has 0 atom stereocenters. The van der Waals surface area contributed by atoms with Crippen LogP contribution >= 0.6 is 0 Å². The van der Waals surface area contributed by atoms with Crippen LogP contribution < -0.4 is 11.3 Å². The second kappa shape index (κ2) is 6.80. The molecule has 0 saturated heterocycles. The molecule has 8 nitrogen and oxygen atoms in total. The third-order valence-electron chi connectivity index (χ3n) is 1.46. The Bertz CT molecular complexity index is 419. The molecule has 1 aromatic carbocycles. The Morgan fingerprint density at radius 1 is 1.06 bits per heavy atom. The summed E-state index contributed by atoms with van der Waals surface area (Å²) < 4.78 is 0. The molecule has 17 heavy (non-hydrogen) atoms. The molecule has 1 aromatic rings. The molecule has 0 bridgehead atoms. The minimum Gasteiger partial charge on any atom is -0.478 e. The molecule has 0 saturated carbocycles. The number of nitrogens with one attached hydrogen (secondary N) is 1. The van der Waals surface area contributed by atoms with E-state index in [0.717, 1.165) is 0 Å². The van der Waals surface area contributed by atoms with Crippen LogP contribution in [0.3, 0.4) is 0 Å². The van der Waals surface area contributed by atoms with E-state index >= 15 is 0 Å². The van der Waals surface area contributed by atoms with Gasteiger partial charge in [-0.1, -0.05) is 6.07 Å². The molecule has 0 aromatic heterocycles. The van der Waals surface area contributed by atoms with Gasteiger partial charge in [0.05, 0.1) is 5.56 Å². The van der Waals surface area contributed by atoms with Crippen molar-refractivity contribution in [1.82, 2.24) is 0 Å². The van der Waals surface area contributed by atoms with Crippen molar-refractivity contribution in [2.45, 2.75) is 0 Å². The minimum atomic E-state index is -1.82. The Morgan fingerprint density at radius 2 is 1.59 bits per heavy atom. The van der Waals surface area contributed by atoms with Crippen molar-refractivity contribution in [2.24, 2.45) is 5.84 Å². The van der Waals surface area contributed by atoms with Crippen LogP contribution in [0.5, 0.6) is 0 Å². The van der Waals surface area contributed by atoms with Gasteiger partial charge < -0.3 is 20.7 Å². The second-order valence-electron chi connectivity index (χ2n) is 2.64. The quantitative estimate of drug-likeness (QED) is 0.272. The van der Waals surface area contributed by atoms with Crippen molar-refractivity contribution in [1.29, 1.82) is 0 Å². The van der Waals surface area contributed by atoms with Crippen molar-refractivity contribution in [2.75, 3.05) is 5.43 Å². The summed E-state index contributed by atoms with van der Waals surface area (Å²) >= 11 is 0. The van der Waals surface area contributed by atoms with Gasteiger partial charge in [-0.3, -0.25) is 5.84 Å². The van der Waals surface area contributed by atoms with E-state index < -0.39 is 17.9 Å². The predicted octanol–water partition coefficient (Wildman–Crippen LogP) is -0.174. The standard InChI is InChI=1S/C7H8N2O2.C2H2O4/c8-9-6-3-1-2-5(4-6)7(10)11;3-1(4)2(5)6/h1-4,9H,8H2,(H,10,11);(H,3,4)(H,5,6). The number of anilines is 1. The minimum absolute atomic E-state index is 0.223. The van der Waals surface area contributed by atoms with Crippen LogP contribution in [0.2, 0.25) is 0 Å². The van der Waals surface area contributed by atoms with Crippen molar-refractivity contribution in [3.8, 4) is 0 Å². The monoisotopic (exact) mass is 242 g/mol. The SMILES string of the molecule is NNc1cccc(C(=O)O)c1.O=C(O)C(=O)O. The van der Waals surface area contributed by atoms with E-state index in [2.05, 4.69) is 5.43 Å². The Balaban J connectivity index is 0.000000366. The zero-order chi connectivity index (χ0) is 13.4. The van der Waals surface area contributed by atoms with E-state index in [1.807, 2.05) is 0 Å². The Labute approximate surface area is 95.3 Å². The zero-order valence-electron chi connectivity index (χ0n) is 8.45. The van der Waals surface area contributed by atoms with E-state index in [0.29, 0.717) is 5.69 Å². The fraction of sp³-hybridized carbons (Fsp3) is 0. The van der Waals surface area contributed by atoms with E-state index in [-0.39, 0.29) is 5.56 Å². The van der Waals surface area contributed by atoms with E-state index in [4.69, 9.17) is 30.8 Å². The van der Waals surface area contributed by atoms with Gasteiger partial charge in [-0.05, 0) is 18.2 Å². The van der Waals surface area contributed by atoms with Gasteiger partial charge in [-0.2, -0.15) is 0 Å². The summed E-state index contributed by atoms with van der Waals surface area (Å²) in [6.07, 6.45) is 0. The summed E-state index contributed by atoms with van der Waals surface area (Å²) in [5, 5.41) is 23.3. The highest BCUT2D eigenvalue weighted by atomic mass is 16.4. The predicted molar refractivity (Wildman–Crippen MR) is 56.5 cm³/mol. The van der Waals surface area contributed by atoms with E-state index in [1.165, 1.54) is 12.1 Å². The molecule has 0 aliphatic carbocycles. The molecule has 92 valence electrons. The number of carboxylic acids is 3. The largest absolute Gasteiger partial charge is 0.478 e. The maximum Gasteiger partial charge on any atom is 0.414 e. The smallest absolute Gasteiger partial charge is 0.414 e. The lowest BCUT2D eigenvalue weighted by atomic mass is 10.2. The zero-order valence-corrected chi connectivity index (χ0v) is 8.45. The third-order valence-corrected chi connectivity index (χ3v) is 1.46. The van der Waals surface area contributed by atoms with Crippen LogP contribution in [0.1, 0.15) is 10.4 Å². The van der Waals surface area contributed by atoms with Gasteiger partial charge in [-0.25, -0.2) is 14.4 Å². The van der Waals surface area contributed by atoms with Crippen molar-refractivity contribution >= 4 is 23.6 Å². The molecule has 1 rings (SSSR count). The highest BCUT2D eigenvalue weighted by Crippen LogP contribution is 2.08. The van der Waals surface area contributed by atoms with Crippen LogP contribution in [-0.4, -0.2) is 33.2 Å². The number of aliphatic carboxylic acids is 2.